The molecule has 0 heterocycles. The Morgan fingerprint density at radius 3 is 2.94 bits per heavy atom. The molecule has 2 N–H and O–H groups in total. The second kappa shape index (κ2) is 6.45. The third-order valence-corrected chi connectivity index (χ3v) is 2.88. The van der Waals surface area contributed by atoms with Gasteiger partial charge in [-0.05, 0) is 24.6 Å². The van der Waals surface area contributed by atoms with Crippen LogP contribution in [0.2, 0.25) is 0 Å². The van der Waals surface area contributed by atoms with Crippen LogP contribution in [0.3, 0.4) is 0 Å². The molecule has 0 saturated carbocycles. The number of hydrogen-bond donors (Lipinski definition) is 2. The molecule has 86 valence electrons. The molecule has 1 amide bonds. The Morgan fingerprint density at radius 1 is 1.56 bits per heavy atom. The van der Waals surface area contributed by atoms with Crippen LogP contribution >= 0.6 is 15.9 Å². The van der Waals surface area contributed by atoms with Crippen molar-refractivity contribution in [3.63, 3.8) is 0 Å². The lowest BCUT2D eigenvalue weighted by Gasteiger charge is -2.07. The highest BCUT2D eigenvalue weighted by molar-refractivity contribution is 9.10. The van der Waals surface area contributed by atoms with Gasteiger partial charge in [0.25, 0.3) is 0 Å². The quantitative estimate of drug-likeness (QED) is 0.644. The minimum Gasteiger partial charge on any atom is -0.325 e. The number of carbonyl (C=O) groups is 1. The van der Waals surface area contributed by atoms with Crippen molar-refractivity contribution >= 4 is 27.5 Å². The van der Waals surface area contributed by atoms with E-state index in [0.29, 0.717) is 6.54 Å². The van der Waals surface area contributed by atoms with Gasteiger partial charge < -0.3 is 10.6 Å². The normalized spacial score (nSPS) is 9.88. The fraction of sp³-hybridized carbons (Fsp3) is 0.250. The molecule has 0 atom stereocenters. The highest BCUT2D eigenvalue weighted by Crippen LogP contribution is 2.20. The molecule has 1 aromatic rings. The summed E-state index contributed by atoms with van der Waals surface area (Å²) in [5, 5.41) is 5.74. The first-order valence-electron chi connectivity index (χ1n) is 5.01. The summed E-state index contributed by atoms with van der Waals surface area (Å²) in [7, 11) is 0. The van der Waals surface area contributed by atoms with Crippen LogP contribution in [0.1, 0.15) is 5.56 Å². The van der Waals surface area contributed by atoms with Crippen molar-refractivity contribution in [2.24, 2.45) is 0 Å². The molecule has 0 unspecified atom stereocenters. The maximum atomic E-state index is 11.5. The summed E-state index contributed by atoms with van der Waals surface area (Å²) in [4.78, 5) is 11.5. The van der Waals surface area contributed by atoms with Gasteiger partial charge in [-0.15, -0.1) is 6.58 Å². The van der Waals surface area contributed by atoms with Gasteiger partial charge in [-0.2, -0.15) is 0 Å². The van der Waals surface area contributed by atoms with Crippen molar-refractivity contribution in [1.29, 1.82) is 0 Å². The second-order valence-corrected chi connectivity index (χ2v) is 4.29. The van der Waals surface area contributed by atoms with E-state index in [1.165, 1.54) is 0 Å². The Balaban J connectivity index is 2.49. The lowest BCUT2D eigenvalue weighted by Crippen LogP contribution is -2.28. The average molecular weight is 283 g/mol. The van der Waals surface area contributed by atoms with Crippen LogP contribution in [0.4, 0.5) is 5.69 Å². The number of hydrogen-bond acceptors (Lipinski definition) is 2. The van der Waals surface area contributed by atoms with E-state index in [-0.39, 0.29) is 12.5 Å². The molecule has 0 aromatic heterocycles. The predicted octanol–water partition coefficient (Wildman–Crippen LogP) is 2.47. The van der Waals surface area contributed by atoms with Gasteiger partial charge in [0.2, 0.25) is 5.91 Å². The number of amides is 1. The Morgan fingerprint density at radius 2 is 2.31 bits per heavy atom. The molecule has 0 aliphatic heterocycles. The van der Waals surface area contributed by atoms with E-state index in [1.807, 2.05) is 25.1 Å². The number of anilines is 1. The number of nitrogens with one attached hydrogen (secondary N) is 2. The van der Waals surface area contributed by atoms with Crippen molar-refractivity contribution in [1.82, 2.24) is 5.32 Å². The van der Waals surface area contributed by atoms with Gasteiger partial charge in [0.1, 0.15) is 0 Å². The zero-order valence-electron chi connectivity index (χ0n) is 9.22. The Labute approximate surface area is 104 Å². The zero-order chi connectivity index (χ0) is 12.0. The maximum Gasteiger partial charge on any atom is 0.238 e. The summed E-state index contributed by atoms with van der Waals surface area (Å²) in [5.74, 6) is -0.0578. The maximum absolute atomic E-state index is 11.5. The van der Waals surface area contributed by atoms with Gasteiger partial charge in [-0.3, -0.25) is 4.79 Å². The SMILES string of the molecule is C=CCNCC(=O)Nc1ccc(C)c(Br)c1. The highest BCUT2D eigenvalue weighted by Gasteiger charge is 2.02. The molecule has 1 rings (SSSR count). The number of halogens is 1. The lowest BCUT2D eigenvalue weighted by molar-refractivity contribution is -0.115. The average Bonchev–Trinajstić information content (AvgIpc) is 2.24. The number of benzene rings is 1. The van der Waals surface area contributed by atoms with Gasteiger partial charge in [-0.25, -0.2) is 0 Å². The third-order valence-electron chi connectivity index (χ3n) is 2.03. The molecule has 0 spiro atoms. The molecule has 0 saturated heterocycles. The number of aryl methyl sites for hydroxylation is 1. The van der Waals surface area contributed by atoms with E-state index >= 15 is 0 Å². The van der Waals surface area contributed by atoms with E-state index < -0.39 is 0 Å². The van der Waals surface area contributed by atoms with Gasteiger partial charge in [0, 0.05) is 16.7 Å². The first kappa shape index (κ1) is 12.9. The van der Waals surface area contributed by atoms with E-state index in [1.54, 1.807) is 6.08 Å². The van der Waals surface area contributed by atoms with Crippen molar-refractivity contribution in [2.45, 2.75) is 6.92 Å². The minimum absolute atomic E-state index is 0.0578. The molecule has 0 fully saturated rings. The number of carbonyl (C=O) groups excluding carboxylic acids is 1. The van der Waals surface area contributed by atoms with Crippen molar-refractivity contribution in [3.8, 4) is 0 Å². The molecule has 0 aliphatic rings. The molecule has 0 radical (unpaired) electrons. The Bertz CT molecular complexity index is 391. The second-order valence-electron chi connectivity index (χ2n) is 3.43. The molecular weight excluding hydrogens is 268 g/mol. The predicted molar refractivity (Wildman–Crippen MR) is 70.6 cm³/mol. The van der Waals surface area contributed by atoms with Crippen LogP contribution < -0.4 is 10.6 Å². The summed E-state index contributed by atoms with van der Waals surface area (Å²) in [6.07, 6.45) is 1.72. The van der Waals surface area contributed by atoms with Gasteiger partial charge >= 0.3 is 0 Å². The first-order valence-corrected chi connectivity index (χ1v) is 5.80. The smallest absolute Gasteiger partial charge is 0.238 e. The molecule has 0 aliphatic carbocycles. The van der Waals surface area contributed by atoms with E-state index in [4.69, 9.17) is 0 Å². The highest BCUT2D eigenvalue weighted by atomic mass is 79.9. The van der Waals surface area contributed by atoms with Crippen molar-refractivity contribution < 1.29 is 4.79 Å². The lowest BCUT2D eigenvalue weighted by atomic mass is 10.2. The van der Waals surface area contributed by atoms with Gasteiger partial charge in [0.15, 0.2) is 0 Å². The fourth-order valence-electron chi connectivity index (χ4n) is 1.16. The van der Waals surface area contributed by atoms with E-state index in [2.05, 4.69) is 33.1 Å². The standard InChI is InChI=1S/C12H15BrN2O/c1-3-6-14-8-12(16)15-10-5-4-9(2)11(13)7-10/h3-5,7,14H,1,6,8H2,2H3,(H,15,16). The largest absolute Gasteiger partial charge is 0.325 e. The summed E-state index contributed by atoms with van der Waals surface area (Å²) < 4.78 is 0.990. The molecular formula is C12H15BrN2O. The van der Waals surface area contributed by atoms with Crippen LogP contribution in [0.5, 0.6) is 0 Å². The molecule has 0 bridgehead atoms. The monoisotopic (exact) mass is 282 g/mol. The zero-order valence-corrected chi connectivity index (χ0v) is 10.8. The van der Waals surface area contributed by atoms with Crippen LogP contribution in [-0.2, 0) is 4.79 Å². The molecule has 16 heavy (non-hydrogen) atoms. The summed E-state index contributed by atoms with van der Waals surface area (Å²) >= 11 is 3.42. The molecule has 1 aromatic carbocycles. The topological polar surface area (TPSA) is 41.1 Å². The van der Waals surface area contributed by atoms with Crippen LogP contribution in [0, 0.1) is 6.92 Å². The third kappa shape index (κ3) is 4.16. The first-order chi connectivity index (χ1) is 7.63. The molecule has 3 nitrogen and oxygen atoms in total. The Kier molecular flexibility index (Phi) is 5.22. The Hall–Kier alpha value is -1.13. The summed E-state index contributed by atoms with van der Waals surface area (Å²) in [5.41, 5.74) is 1.94. The van der Waals surface area contributed by atoms with Crippen molar-refractivity contribution in [3.05, 3.63) is 40.9 Å². The van der Waals surface area contributed by atoms with E-state index in [0.717, 1.165) is 15.7 Å². The fourth-order valence-corrected chi connectivity index (χ4v) is 1.54. The summed E-state index contributed by atoms with van der Waals surface area (Å²) in [6.45, 7) is 6.48. The number of rotatable bonds is 5. The van der Waals surface area contributed by atoms with Crippen LogP contribution in [0.15, 0.2) is 35.3 Å². The van der Waals surface area contributed by atoms with Crippen LogP contribution in [0.25, 0.3) is 0 Å². The molecule has 4 heteroatoms. The summed E-state index contributed by atoms with van der Waals surface area (Å²) in [6, 6.07) is 5.73. The van der Waals surface area contributed by atoms with Crippen LogP contribution in [-0.4, -0.2) is 19.0 Å². The van der Waals surface area contributed by atoms with E-state index in [9.17, 15) is 4.79 Å². The van der Waals surface area contributed by atoms with Gasteiger partial charge in [0.05, 0.1) is 6.54 Å². The minimum atomic E-state index is -0.0578. The van der Waals surface area contributed by atoms with Crippen molar-refractivity contribution in [2.75, 3.05) is 18.4 Å². The van der Waals surface area contributed by atoms with Gasteiger partial charge in [-0.1, -0.05) is 28.1 Å².